The van der Waals surface area contributed by atoms with Crippen LogP contribution in [0.3, 0.4) is 0 Å². The monoisotopic (exact) mass is 138 g/mol. The van der Waals surface area contributed by atoms with Crippen LogP contribution in [-0.4, -0.2) is 14.9 Å². The summed E-state index contributed by atoms with van der Waals surface area (Å²) in [5, 5.41) is 13.1. The van der Waals surface area contributed by atoms with Crippen LogP contribution in [0.1, 0.15) is 5.69 Å². The topological polar surface area (TPSA) is 38.0 Å². The molecule has 1 heterocycles. The number of rotatable bonds is 2. The van der Waals surface area contributed by atoms with Crippen molar-refractivity contribution in [3.05, 3.63) is 24.4 Å². The number of nitrogens with zero attached hydrogens (tertiary/aromatic N) is 2. The van der Waals surface area contributed by atoms with Gasteiger partial charge in [0.1, 0.15) is 0 Å². The molecule has 0 aliphatic carbocycles. The number of aromatic hydroxyl groups is 1. The second-order valence-electron chi connectivity index (χ2n) is 2.11. The number of hydrogen-bond acceptors (Lipinski definition) is 2. The van der Waals surface area contributed by atoms with E-state index in [2.05, 4.69) is 11.7 Å². The van der Waals surface area contributed by atoms with E-state index in [-0.39, 0.29) is 5.88 Å². The molecule has 0 aromatic carbocycles. The van der Waals surface area contributed by atoms with Crippen molar-refractivity contribution in [3.63, 3.8) is 0 Å². The molecule has 0 aliphatic heterocycles. The smallest absolute Gasteiger partial charge is 0.209 e. The second-order valence-corrected chi connectivity index (χ2v) is 2.11. The van der Waals surface area contributed by atoms with Gasteiger partial charge in [0.05, 0.1) is 12.2 Å². The van der Waals surface area contributed by atoms with Gasteiger partial charge in [0.2, 0.25) is 5.88 Å². The predicted molar refractivity (Wildman–Crippen MR) is 38.8 cm³/mol. The van der Waals surface area contributed by atoms with E-state index in [9.17, 15) is 0 Å². The van der Waals surface area contributed by atoms with E-state index in [1.165, 1.54) is 4.68 Å². The lowest BCUT2D eigenvalue weighted by atomic mass is 10.5. The molecule has 1 N–H and O–H groups in total. The van der Waals surface area contributed by atoms with Gasteiger partial charge in [0, 0.05) is 6.07 Å². The van der Waals surface area contributed by atoms with Crippen molar-refractivity contribution < 1.29 is 5.11 Å². The van der Waals surface area contributed by atoms with Crippen LogP contribution in [0.2, 0.25) is 0 Å². The second kappa shape index (κ2) is 2.56. The van der Waals surface area contributed by atoms with E-state index in [0.717, 1.165) is 5.69 Å². The minimum absolute atomic E-state index is 0.192. The van der Waals surface area contributed by atoms with Crippen LogP contribution in [0.25, 0.3) is 0 Å². The van der Waals surface area contributed by atoms with Gasteiger partial charge in [-0.15, -0.1) is 6.58 Å². The van der Waals surface area contributed by atoms with Gasteiger partial charge >= 0.3 is 0 Å². The summed E-state index contributed by atoms with van der Waals surface area (Å²) in [6.45, 7) is 5.92. The molecule has 0 aliphatic rings. The molecule has 1 aromatic rings. The Bertz CT molecular complexity index is 240. The largest absolute Gasteiger partial charge is 0.493 e. The Morgan fingerprint density at radius 3 is 3.00 bits per heavy atom. The van der Waals surface area contributed by atoms with E-state index < -0.39 is 0 Å². The summed E-state index contributed by atoms with van der Waals surface area (Å²) in [5.74, 6) is 0.192. The van der Waals surface area contributed by atoms with Crippen LogP contribution in [0, 0.1) is 6.92 Å². The summed E-state index contributed by atoms with van der Waals surface area (Å²) in [6.07, 6.45) is 1.69. The molecule has 10 heavy (non-hydrogen) atoms. The average molecular weight is 138 g/mol. The van der Waals surface area contributed by atoms with Gasteiger partial charge < -0.3 is 5.11 Å². The number of hydrogen-bond donors (Lipinski definition) is 1. The first-order valence-electron chi connectivity index (χ1n) is 3.08. The lowest BCUT2D eigenvalue weighted by Crippen LogP contribution is -1.96. The minimum atomic E-state index is 0.192. The highest BCUT2D eigenvalue weighted by Gasteiger charge is 1.98. The Hall–Kier alpha value is -1.25. The van der Waals surface area contributed by atoms with E-state index in [4.69, 9.17) is 5.11 Å². The van der Waals surface area contributed by atoms with Gasteiger partial charge in [-0.25, -0.2) is 4.68 Å². The predicted octanol–water partition coefficient (Wildman–Crippen LogP) is 1.08. The molecular formula is C7H10N2O. The molecule has 0 saturated carbocycles. The Labute approximate surface area is 59.6 Å². The maximum absolute atomic E-state index is 9.12. The SMILES string of the molecule is C=CCn1nc(C)cc1O. The molecule has 0 fully saturated rings. The highest BCUT2D eigenvalue weighted by atomic mass is 16.3. The molecule has 0 unspecified atom stereocenters. The molecule has 1 aromatic heterocycles. The number of aromatic nitrogens is 2. The summed E-state index contributed by atoms with van der Waals surface area (Å²) < 4.78 is 1.49. The zero-order chi connectivity index (χ0) is 7.56. The quantitative estimate of drug-likeness (QED) is 0.621. The molecule has 0 saturated heterocycles. The molecule has 3 nitrogen and oxygen atoms in total. The summed E-state index contributed by atoms with van der Waals surface area (Å²) in [5.41, 5.74) is 0.819. The van der Waals surface area contributed by atoms with Crippen LogP contribution < -0.4 is 0 Å². The van der Waals surface area contributed by atoms with Crippen molar-refractivity contribution in [1.29, 1.82) is 0 Å². The Balaban J connectivity index is 2.91. The van der Waals surface area contributed by atoms with E-state index in [1.54, 1.807) is 12.1 Å². The van der Waals surface area contributed by atoms with E-state index in [1.807, 2.05) is 6.92 Å². The van der Waals surface area contributed by atoms with Crippen LogP contribution in [0.5, 0.6) is 5.88 Å². The van der Waals surface area contributed by atoms with Crippen LogP contribution in [0.4, 0.5) is 0 Å². The molecule has 54 valence electrons. The van der Waals surface area contributed by atoms with E-state index >= 15 is 0 Å². The molecule has 0 amide bonds. The van der Waals surface area contributed by atoms with Crippen LogP contribution in [-0.2, 0) is 6.54 Å². The van der Waals surface area contributed by atoms with Crippen molar-refractivity contribution in [2.45, 2.75) is 13.5 Å². The Kier molecular flexibility index (Phi) is 1.76. The Morgan fingerprint density at radius 1 is 1.90 bits per heavy atom. The van der Waals surface area contributed by atoms with Crippen LogP contribution in [0.15, 0.2) is 18.7 Å². The summed E-state index contributed by atoms with van der Waals surface area (Å²) in [7, 11) is 0. The standard InChI is InChI=1S/C7H10N2O/c1-3-4-9-7(10)5-6(2)8-9/h3,5,10H,1,4H2,2H3. The highest BCUT2D eigenvalue weighted by Crippen LogP contribution is 2.09. The third kappa shape index (κ3) is 1.18. The first-order chi connectivity index (χ1) is 4.74. The maximum atomic E-state index is 9.12. The van der Waals surface area contributed by atoms with Crippen molar-refractivity contribution in [2.24, 2.45) is 0 Å². The van der Waals surface area contributed by atoms with Gasteiger partial charge in [-0.1, -0.05) is 6.08 Å². The number of aryl methyl sites for hydroxylation is 1. The molecule has 0 spiro atoms. The zero-order valence-corrected chi connectivity index (χ0v) is 5.91. The lowest BCUT2D eigenvalue weighted by Gasteiger charge is -1.94. The normalized spacial score (nSPS) is 9.70. The Morgan fingerprint density at radius 2 is 2.60 bits per heavy atom. The fraction of sp³-hybridized carbons (Fsp3) is 0.286. The van der Waals surface area contributed by atoms with Crippen molar-refractivity contribution in [3.8, 4) is 5.88 Å². The highest BCUT2D eigenvalue weighted by molar-refractivity contribution is 5.13. The fourth-order valence-electron chi connectivity index (χ4n) is 0.788. The zero-order valence-electron chi connectivity index (χ0n) is 5.91. The van der Waals surface area contributed by atoms with Gasteiger partial charge in [0.15, 0.2) is 0 Å². The fourth-order valence-corrected chi connectivity index (χ4v) is 0.788. The van der Waals surface area contributed by atoms with Gasteiger partial charge in [0.25, 0.3) is 0 Å². The van der Waals surface area contributed by atoms with Crippen molar-refractivity contribution in [2.75, 3.05) is 0 Å². The van der Waals surface area contributed by atoms with Gasteiger partial charge in [-0.2, -0.15) is 5.10 Å². The van der Waals surface area contributed by atoms with Crippen molar-refractivity contribution in [1.82, 2.24) is 9.78 Å². The molecule has 0 radical (unpaired) electrons. The summed E-state index contributed by atoms with van der Waals surface area (Å²) in [6, 6.07) is 1.61. The first-order valence-corrected chi connectivity index (χ1v) is 3.08. The minimum Gasteiger partial charge on any atom is -0.493 e. The molecule has 1 rings (SSSR count). The maximum Gasteiger partial charge on any atom is 0.209 e. The first kappa shape index (κ1) is 6.86. The molecule has 0 bridgehead atoms. The summed E-state index contributed by atoms with van der Waals surface area (Å²) in [4.78, 5) is 0. The summed E-state index contributed by atoms with van der Waals surface area (Å²) >= 11 is 0. The third-order valence-corrected chi connectivity index (χ3v) is 1.18. The van der Waals surface area contributed by atoms with Gasteiger partial charge in [-0.05, 0) is 6.92 Å². The lowest BCUT2D eigenvalue weighted by molar-refractivity contribution is 0.411. The molecule has 3 heteroatoms. The molecular weight excluding hydrogens is 128 g/mol. The third-order valence-electron chi connectivity index (χ3n) is 1.18. The van der Waals surface area contributed by atoms with Gasteiger partial charge in [-0.3, -0.25) is 0 Å². The van der Waals surface area contributed by atoms with E-state index in [0.29, 0.717) is 6.54 Å². The van der Waals surface area contributed by atoms with Crippen molar-refractivity contribution >= 4 is 0 Å². The van der Waals surface area contributed by atoms with Crippen LogP contribution >= 0.6 is 0 Å². The number of allylic oxidation sites excluding steroid dienone is 1. The molecule has 0 atom stereocenters. The average Bonchev–Trinajstić information content (AvgIpc) is 2.13.